The summed E-state index contributed by atoms with van der Waals surface area (Å²) in [7, 11) is 1.71. The number of halogens is 6. The van der Waals surface area contributed by atoms with E-state index in [4.69, 9.17) is 11.6 Å². The number of hydrogen-bond donors (Lipinski definition) is 2. The lowest BCUT2D eigenvalue weighted by Gasteiger charge is -2.26. The highest BCUT2D eigenvalue weighted by Crippen LogP contribution is 2.44. The zero-order valence-electron chi connectivity index (χ0n) is 19.3. The summed E-state index contributed by atoms with van der Waals surface area (Å²) in [6, 6.07) is 3.91. The summed E-state index contributed by atoms with van der Waals surface area (Å²) >= 11 is 6.31. The molecular formula is C25H18ClF5N4O2. The number of fused-ring (bicyclic) bond motifs is 2. The fourth-order valence-corrected chi connectivity index (χ4v) is 4.96. The highest BCUT2D eigenvalue weighted by atomic mass is 35.5. The standard InChI is InChI=1S/C25H18ClF5N4O2/c1-10-15-9-18(32-23(36)11-5-12(25(29,30)31)7-14(28)6-11)19-20(22(15)34-35(10)2)24(37)33-21(19)16-8-13(27)3-4-17(16)26/h3-10,15,21H,1-2H3,(H,32,36)(H,33,37). The van der Waals surface area contributed by atoms with Crippen LogP contribution < -0.4 is 10.6 Å². The van der Waals surface area contributed by atoms with Crippen molar-refractivity contribution in [3.63, 3.8) is 0 Å². The van der Waals surface area contributed by atoms with Crippen LogP contribution in [0.2, 0.25) is 5.02 Å². The monoisotopic (exact) mass is 536 g/mol. The van der Waals surface area contributed by atoms with E-state index in [2.05, 4.69) is 15.7 Å². The molecule has 192 valence electrons. The minimum absolute atomic E-state index is 0.104. The van der Waals surface area contributed by atoms with Crippen LogP contribution in [0.1, 0.15) is 34.5 Å². The third-order valence-corrected chi connectivity index (χ3v) is 6.99. The summed E-state index contributed by atoms with van der Waals surface area (Å²) in [5.41, 5.74) is -0.755. The molecule has 2 aromatic rings. The molecule has 0 fully saturated rings. The number of amides is 2. The largest absolute Gasteiger partial charge is 0.416 e. The lowest BCUT2D eigenvalue weighted by molar-refractivity contribution is -0.137. The molecule has 3 unspecified atom stereocenters. The molecule has 2 amide bonds. The second-order valence-electron chi connectivity index (χ2n) is 8.95. The third-order valence-electron chi connectivity index (χ3n) is 6.65. The van der Waals surface area contributed by atoms with Gasteiger partial charge in [0.15, 0.2) is 0 Å². The van der Waals surface area contributed by atoms with Crippen molar-refractivity contribution in [1.82, 2.24) is 15.6 Å². The molecule has 5 rings (SSSR count). The summed E-state index contributed by atoms with van der Waals surface area (Å²) in [5.74, 6) is -3.84. The van der Waals surface area contributed by atoms with Gasteiger partial charge in [-0.25, -0.2) is 8.78 Å². The Balaban J connectivity index is 1.61. The quantitative estimate of drug-likeness (QED) is 0.557. The maximum absolute atomic E-state index is 14.1. The van der Waals surface area contributed by atoms with Crippen molar-refractivity contribution in [2.75, 3.05) is 7.05 Å². The van der Waals surface area contributed by atoms with Gasteiger partial charge in [0, 0.05) is 40.4 Å². The Morgan fingerprint density at radius 3 is 2.57 bits per heavy atom. The molecule has 0 saturated heterocycles. The fraction of sp³-hybridized carbons (Fsp3) is 0.240. The Labute approximate surface area is 212 Å². The first-order valence-electron chi connectivity index (χ1n) is 11.1. The first-order valence-corrected chi connectivity index (χ1v) is 11.5. The molecule has 12 heteroatoms. The summed E-state index contributed by atoms with van der Waals surface area (Å²) in [6.07, 6.45) is -3.23. The molecule has 0 spiro atoms. The molecule has 0 bridgehead atoms. The Bertz CT molecular complexity index is 1450. The Morgan fingerprint density at radius 1 is 1.14 bits per heavy atom. The van der Waals surface area contributed by atoms with E-state index in [1.807, 2.05) is 6.92 Å². The molecule has 2 N–H and O–H groups in total. The molecule has 0 saturated carbocycles. The number of carbonyl (C=O) groups excluding carboxylic acids is 2. The zero-order valence-corrected chi connectivity index (χ0v) is 20.0. The predicted molar refractivity (Wildman–Crippen MR) is 124 cm³/mol. The number of nitrogens with zero attached hydrogens (tertiary/aromatic N) is 2. The van der Waals surface area contributed by atoms with E-state index >= 15 is 0 Å². The number of rotatable bonds is 3. The average Bonchev–Trinajstić information content (AvgIpc) is 3.31. The number of hydrogen-bond acceptors (Lipinski definition) is 4. The topological polar surface area (TPSA) is 73.8 Å². The molecule has 0 radical (unpaired) electrons. The normalized spacial score (nSPS) is 22.9. The average molecular weight is 537 g/mol. The number of nitrogens with one attached hydrogen (secondary N) is 2. The lowest BCUT2D eigenvalue weighted by atomic mass is 9.81. The summed E-state index contributed by atoms with van der Waals surface area (Å²) < 4.78 is 67.7. The highest BCUT2D eigenvalue weighted by Gasteiger charge is 2.47. The first-order chi connectivity index (χ1) is 17.3. The van der Waals surface area contributed by atoms with E-state index in [1.54, 1.807) is 18.1 Å². The van der Waals surface area contributed by atoms with Gasteiger partial charge in [-0.1, -0.05) is 11.6 Å². The van der Waals surface area contributed by atoms with Crippen LogP contribution in [0.5, 0.6) is 0 Å². The van der Waals surface area contributed by atoms with Crippen LogP contribution in [0.15, 0.2) is 64.4 Å². The molecule has 0 aromatic heterocycles. The van der Waals surface area contributed by atoms with E-state index < -0.39 is 52.7 Å². The Kier molecular flexibility index (Phi) is 5.86. The summed E-state index contributed by atoms with van der Waals surface area (Å²) in [6.45, 7) is 1.85. The second kappa shape index (κ2) is 8.69. The molecule has 6 nitrogen and oxygen atoms in total. The van der Waals surface area contributed by atoms with Crippen molar-refractivity contribution in [3.05, 3.63) is 92.7 Å². The van der Waals surface area contributed by atoms with Gasteiger partial charge in [0.25, 0.3) is 11.8 Å². The molecular weight excluding hydrogens is 519 g/mol. The summed E-state index contributed by atoms with van der Waals surface area (Å²) in [5, 5.41) is 11.5. The Morgan fingerprint density at radius 2 is 1.86 bits per heavy atom. The first kappa shape index (κ1) is 24.9. The van der Waals surface area contributed by atoms with Gasteiger partial charge in [-0.15, -0.1) is 0 Å². The number of alkyl halides is 3. The van der Waals surface area contributed by atoms with E-state index in [9.17, 15) is 31.5 Å². The molecule has 2 aliphatic heterocycles. The van der Waals surface area contributed by atoms with Crippen LogP contribution in [0.4, 0.5) is 22.0 Å². The van der Waals surface area contributed by atoms with Crippen LogP contribution in [0.3, 0.4) is 0 Å². The number of carbonyl (C=O) groups is 2. The van der Waals surface area contributed by atoms with Gasteiger partial charge < -0.3 is 10.6 Å². The smallest absolute Gasteiger partial charge is 0.341 e. The number of benzene rings is 2. The van der Waals surface area contributed by atoms with Crippen molar-refractivity contribution < 1.29 is 31.5 Å². The minimum atomic E-state index is -4.87. The van der Waals surface area contributed by atoms with Gasteiger partial charge in [0.2, 0.25) is 0 Å². The summed E-state index contributed by atoms with van der Waals surface area (Å²) in [4.78, 5) is 26.2. The van der Waals surface area contributed by atoms with E-state index in [0.717, 1.165) is 12.1 Å². The van der Waals surface area contributed by atoms with Crippen LogP contribution in [-0.2, 0) is 11.0 Å². The van der Waals surface area contributed by atoms with Crippen LogP contribution in [-0.4, -0.2) is 35.6 Å². The maximum Gasteiger partial charge on any atom is 0.416 e. The molecule has 2 aromatic carbocycles. The lowest BCUT2D eigenvalue weighted by Crippen LogP contribution is -2.34. The SMILES string of the molecule is CC1C2C=C(NC(=O)c3cc(F)cc(C(F)(F)F)c3)C3=C(C(=O)NC3c3cc(F)ccc3Cl)C2=NN1C. The molecule has 3 aliphatic rings. The second-order valence-corrected chi connectivity index (χ2v) is 9.35. The Hall–Kier alpha value is -3.73. The van der Waals surface area contributed by atoms with Crippen molar-refractivity contribution in [3.8, 4) is 0 Å². The van der Waals surface area contributed by atoms with Crippen LogP contribution >= 0.6 is 11.6 Å². The third kappa shape index (κ3) is 4.26. The van der Waals surface area contributed by atoms with Gasteiger partial charge in [0.1, 0.15) is 11.6 Å². The molecule has 37 heavy (non-hydrogen) atoms. The van der Waals surface area contributed by atoms with Gasteiger partial charge >= 0.3 is 6.18 Å². The maximum atomic E-state index is 14.1. The van der Waals surface area contributed by atoms with E-state index in [0.29, 0.717) is 17.8 Å². The van der Waals surface area contributed by atoms with Crippen molar-refractivity contribution in [2.24, 2.45) is 11.0 Å². The fourth-order valence-electron chi connectivity index (χ4n) is 4.74. The van der Waals surface area contributed by atoms with E-state index in [1.165, 1.54) is 6.07 Å². The van der Waals surface area contributed by atoms with Crippen molar-refractivity contribution >= 4 is 29.1 Å². The zero-order chi connectivity index (χ0) is 26.8. The molecule has 2 heterocycles. The highest BCUT2D eigenvalue weighted by molar-refractivity contribution is 6.32. The van der Waals surface area contributed by atoms with Gasteiger partial charge in [-0.2, -0.15) is 18.3 Å². The van der Waals surface area contributed by atoms with Gasteiger partial charge in [0.05, 0.1) is 28.9 Å². The van der Waals surface area contributed by atoms with Crippen molar-refractivity contribution in [2.45, 2.75) is 25.2 Å². The van der Waals surface area contributed by atoms with Crippen LogP contribution in [0.25, 0.3) is 0 Å². The van der Waals surface area contributed by atoms with E-state index in [-0.39, 0.29) is 39.5 Å². The molecule has 3 atom stereocenters. The predicted octanol–water partition coefficient (Wildman–Crippen LogP) is 4.74. The molecule has 1 aliphatic carbocycles. The van der Waals surface area contributed by atoms with Crippen molar-refractivity contribution in [1.29, 1.82) is 0 Å². The van der Waals surface area contributed by atoms with Gasteiger partial charge in [-0.3, -0.25) is 14.6 Å². The van der Waals surface area contributed by atoms with Crippen LogP contribution in [0, 0.1) is 17.6 Å². The minimum Gasteiger partial charge on any atom is -0.341 e. The number of hydrazone groups is 1. The van der Waals surface area contributed by atoms with Gasteiger partial charge in [-0.05, 0) is 49.4 Å².